The molecule has 4 heteroatoms. The normalized spacial score (nSPS) is 12.6. The zero-order valence-corrected chi connectivity index (χ0v) is 9.37. The van der Waals surface area contributed by atoms with Crippen molar-refractivity contribution in [3.63, 3.8) is 0 Å². The van der Waals surface area contributed by atoms with Crippen molar-refractivity contribution in [1.82, 2.24) is 15.3 Å². The molecular weight excluding hydrogens is 206 g/mol. The molecule has 3 nitrogen and oxygen atoms in total. The van der Waals surface area contributed by atoms with E-state index in [0.717, 1.165) is 12.2 Å². The highest BCUT2D eigenvalue weighted by Crippen LogP contribution is 2.11. The van der Waals surface area contributed by atoms with Gasteiger partial charge in [0.1, 0.15) is 0 Å². The van der Waals surface area contributed by atoms with Crippen molar-refractivity contribution in [2.45, 2.75) is 19.5 Å². The monoisotopic (exact) mass is 219 g/mol. The highest BCUT2D eigenvalue weighted by Gasteiger charge is 2.04. The van der Waals surface area contributed by atoms with Gasteiger partial charge in [-0.15, -0.1) is 11.3 Å². The number of thiazole rings is 1. The lowest BCUT2D eigenvalue weighted by atomic mass is 10.1. The Labute approximate surface area is 93.2 Å². The highest BCUT2D eigenvalue weighted by atomic mass is 32.1. The Kier molecular flexibility index (Phi) is 3.42. The zero-order valence-electron chi connectivity index (χ0n) is 8.55. The van der Waals surface area contributed by atoms with E-state index in [1.165, 1.54) is 5.56 Å². The molecular formula is C11H13N3S. The van der Waals surface area contributed by atoms with E-state index in [4.69, 9.17) is 0 Å². The maximum Gasteiger partial charge on any atom is 0.0795 e. The molecule has 1 N–H and O–H groups in total. The van der Waals surface area contributed by atoms with Crippen LogP contribution in [-0.4, -0.2) is 9.97 Å². The van der Waals surface area contributed by atoms with Crippen LogP contribution in [0, 0.1) is 0 Å². The first-order valence-electron chi connectivity index (χ1n) is 4.86. The molecule has 2 aromatic rings. The molecule has 0 aliphatic rings. The average Bonchev–Trinajstić information content (AvgIpc) is 2.80. The summed E-state index contributed by atoms with van der Waals surface area (Å²) in [6.45, 7) is 2.93. The summed E-state index contributed by atoms with van der Waals surface area (Å²) in [6.07, 6.45) is 3.68. The fourth-order valence-electron chi connectivity index (χ4n) is 1.33. The highest BCUT2D eigenvalue weighted by molar-refractivity contribution is 7.07. The minimum Gasteiger partial charge on any atom is -0.304 e. The fraction of sp³-hybridized carbons (Fsp3) is 0.273. The summed E-state index contributed by atoms with van der Waals surface area (Å²) in [7, 11) is 0. The third-order valence-electron chi connectivity index (χ3n) is 2.26. The number of hydrogen-bond acceptors (Lipinski definition) is 4. The van der Waals surface area contributed by atoms with Gasteiger partial charge in [0.2, 0.25) is 0 Å². The van der Waals surface area contributed by atoms with E-state index in [9.17, 15) is 0 Å². The first kappa shape index (κ1) is 10.3. The topological polar surface area (TPSA) is 37.8 Å². The quantitative estimate of drug-likeness (QED) is 0.858. The number of rotatable bonds is 4. The van der Waals surface area contributed by atoms with E-state index in [2.05, 4.69) is 33.7 Å². The van der Waals surface area contributed by atoms with Gasteiger partial charge < -0.3 is 5.32 Å². The second kappa shape index (κ2) is 5.00. The Hall–Kier alpha value is -1.26. The molecule has 0 saturated carbocycles. The number of aromatic nitrogens is 2. The van der Waals surface area contributed by atoms with Crippen molar-refractivity contribution in [3.05, 3.63) is 46.7 Å². The average molecular weight is 219 g/mol. The van der Waals surface area contributed by atoms with Crippen LogP contribution >= 0.6 is 11.3 Å². The number of nitrogens with one attached hydrogen (secondary N) is 1. The second-order valence-electron chi connectivity index (χ2n) is 3.37. The molecule has 1 atom stereocenters. The Morgan fingerprint density at radius 2 is 2.47 bits per heavy atom. The van der Waals surface area contributed by atoms with E-state index >= 15 is 0 Å². The van der Waals surface area contributed by atoms with Gasteiger partial charge in [0, 0.05) is 30.4 Å². The molecule has 15 heavy (non-hydrogen) atoms. The van der Waals surface area contributed by atoms with Gasteiger partial charge in [-0.25, -0.2) is 4.98 Å². The van der Waals surface area contributed by atoms with Crippen LogP contribution in [0.4, 0.5) is 0 Å². The van der Waals surface area contributed by atoms with Crippen LogP contribution in [0.2, 0.25) is 0 Å². The molecule has 0 aliphatic carbocycles. The summed E-state index contributed by atoms with van der Waals surface area (Å²) >= 11 is 1.62. The van der Waals surface area contributed by atoms with Gasteiger partial charge in [0.25, 0.3) is 0 Å². The van der Waals surface area contributed by atoms with Crippen LogP contribution < -0.4 is 5.32 Å². The van der Waals surface area contributed by atoms with Crippen LogP contribution in [0.25, 0.3) is 0 Å². The summed E-state index contributed by atoms with van der Waals surface area (Å²) in [5, 5.41) is 5.46. The Balaban J connectivity index is 1.90. The molecule has 0 amide bonds. The molecule has 0 aliphatic heterocycles. The molecule has 0 unspecified atom stereocenters. The Bertz CT molecular complexity index is 385. The summed E-state index contributed by atoms with van der Waals surface area (Å²) in [5.74, 6) is 0. The third-order valence-corrected chi connectivity index (χ3v) is 2.89. The van der Waals surface area contributed by atoms with E-state index < -0.39 is 0 Å². The minimum absolute atomic E-state index is 0.306. The van der Waals surface area contributed by atoms with E-state index in [0.29, 0.717) is 6.04 Å². The van der Waals surface area contributed by atoms with Crippen LogP contribution in [0.15, 0.2) is 35.4 Å². The van der Waals surface area contributed by atoms with Gasteiger partial charge in [0.05, 0.1) is 11.2 Å². The van der Waals surface area contributed by atoms with Crippen molar-refractivity contribution in [2.75, 3.05) is 0 Å². The van der Waals surface area contributed by atoms with Crippen molar-refractivity contribution in [1.29, 1.82) is 0 Å². The summed E-state index contributed by atoms with van der Waals surface area (Å²) in [5.41, 5.74) is 4.15. The van der Waals surface area contributed by atoms with Gasteiger partial charge in [-0.3, -0.25) is 4.98 Å². The molecule has 0 radical (unpaired) electrons. The Morgan fingerprint density at radius 1 is 1.53 bits per heavy atom. The van der Waals surface area contributed by atoms with Crippen LogP contribution in [-0.2, 0) is 6.54 Å². The number of hydrogen-bond donors (Lipinski definition) is 1. The van der Waals surface area contributed by atoms with Crippen molar-refractivity contribution < 1.29 is 0 Å². The predicted octanol–water partition coefficient (Wildman–Crippen LogP) is 2.39. The molecule has 0 bridgehead atoms. The molecule has 0 aromatic carbocycles. The number of nitrogens with zero attached hydrogens (tertiary/aromatic N) is 2. The third kappa shape index (κ3) is 2.84. The Morgan fingerprint density at radius 3 is 3.13 bits per heavy atom. The van der Waals surface area contributed by atoms with E-state index in [1.54, 1.807) is 17.5 Å². The molecule has 2 aromatic heterocycles. The van der Waals surface area contributed by atoms with Crippen molar-refractivity contribution in [2.24, 2.45) is 0 Å². The summed E-state index contributed by atoms with van der Waals surface area (Å²) < 4.78 is 0. The molecule has 2 heterocycles. The van der Waals surface area contributed by atoms with Crippen molar-refractivity contribution >= 4 is 11.3 Å². The van der Waals surface area contributed by atoms with Gasteiger partial charge in [-0.2, -0.15) is 0 Å². The lowest BCUT2D eigenvalue weighted by Gasteiger charge is -2.12. The van der Waals surface area contributed by atoms with Gasteiger partial charge in [-0.05, 0) is 18.6 Å². The van der Waals surface area contributed by atoms with Gasteiger partial charge >= 0.3 is 0 Å². The lowest BCUT2D eigenvalue weighted by Crippen LogP contribution is -2.18. The zero-order chi connectivity index (χ0) is 10.5. The van der Waals surface area contributed by atoms with Crippen LogP contribution in [0.3, 0.4) is 0 Å². The number of pyridine rings is 1. The molecule has 0 saturated heterocycles. The summed E-state index contributed by atoms with van der Waals surface area (Å²) in [6, 6.07) is 4.34. The SMILES string of the molecule is C[C@@H](NCc1cscn1)c1cccnc1. The van der Waals surface area contributed by atoms with Gasteiger partial charge in [-0.1, -0.05) is 6.07 Å². The summed E-state index contributed by atoms with van der Waals surface area (Å²) in [4.78, 5) is 8.32. The first-order chi connectivity index (χ1) is 7.36. The maximum absolute atomic E-state index is 4.22. The predicted molar refractivity (Wildman–Crippen MR) is 61.6 cm³/mol. The molecule has 2 rings (SSSR count). The molecule has 0 spiro atoms. The fourth-order valence-corrected chi connectivity index (χ4v) is 1.89. The largest absolute Gasteiger partial charge is 0.304 e. The van der Waals surface area contributed by atoms with E-state index in [-0.39, 0.29) is 0 Å². The smallest absolute Gasteiger partial charge is 0.0795 e. The molecule has 0 fully saturated rings. The first-order valence-corrected chi connectivity index (χ1v) is 5.81. The molecule has 78 valence electrons. The second-order valence-corrected chi connectivity index (χ2v) is 4.09. The maximum atomic E-state index is 4.22. The minimum atomic E-state index is 0.306. The van der Waals surface area contributed by atoms with Gasteiger partial charge in [0.15, 0.2) is 0 Å². The van der Waals surface area contributed by atoms with Crippen LogP contribution in [0.1, 0.15) is 24.2 Å². The van der Waals surface area contributed by atoms with Crippen molar-refractivity contribution in [3.8, 4) is 0 Å². The van der Waals surface area contributed by atoms with Crippen LogP contribution in [0.5, 0.6) is 0 Å². The standard InChI is InChI=1S/C11H13N3S/c1-9(10-3-2-4-12-5-10)13-6-11-7-15-8-14-11/h2-5,7-9,13H,6H2,1H3/t9-/m1/s1. The lowest BCUT2D eigenvalue weighted by molar-refractivity contribution is 0.567. The van der Waals surface area contributed by atoms with E-state index in [1.807, 2.05) is 17.8 Å².